The van der Waals surface area contributed by atoms with Crippen LogP contribution in [0.15, 0.2) is 170 Å². The molecule has 2 nitrogen and oxygen atoms in total. The van der Waals surface area contributed by atoms with Crippen molar-refractivity contribution in [3.63, 3.8) is 0 Å². The normalized spacial score (nSPS) is 11.8. The molecule has 0 bridgehead atoms. The van der Waals surface area contributed by atoms with Crippen molar-refractivity contribution in [1.82, 2.24) is 9.55 Å². The highest BCUT2D eigenvalue weighted by Crippen LogP contribution is 2.47. The van der Waals surface area contributed by atoms with Crippen LogP contribution in [0.25, 0.3) is 94.2 Å². The summed E-state index contributed by atoms with van der Waals surface area (Å²) in [5, 5.41) is 3.75. The van der Waals surface area contributed by atoms with Crippen molar-refractivity contribution in [2.24, 2.45) is 0 Å². The molecule has 0 spiro atoms. The lowest BCUT2D eigenvalue weighted by atomic mass is 10.0. The number of hydrogen-bond acceptors (Lipinski definition) is 1. The maximum absolute atomic E-state index is 5.15. The quantitative estimate of drug-likeness (QED) is 0.198. The van der Waals surface area contributed by atoms with Crippen molar-refractivity contribution in [2.45, 2.75) is 0 Å². The molecule has 218 valence electrons. The monoisotopic (exact) mass is 596 g/mol. The van der Waals surface area contributed by atoms with Crippen LogP contribution in [0.4, 0.5) is 0 Å². The van der Waals surface area contributed by atoms with Gasteiger partial charge in [-0.25, -0.2) is 4.98 Å². The van der Waals surface area contributed by atoms with Crippen molar-refractivity contribution in [2.75, 3.05) is 0 Å². The average Bonchev–Trinajstić information content (AvgIpc) is 3.65. The summed E-state index contributed by atoms with van der Waals surface area (Å²) in [4.78, 5) is 5.15. The van der Waals surface area contributed by atoms with Gasteiger partial charge >= 0.3 is 0 Å². The molecular weight excluding hydrogens is 569 g/mol. The van der Waals surface area contributed by atoms with E-state index in [0.717, 1.165) is 22.5 Å². The van der Waals surface area contributed by atoms with Crippen LogP contribution in [0, 0.1) is 0 Å². The van der Waals surface area contributed by atoms with Gasteiger partial charge in [0.2, 0.25) is 0 Å². The third-order valence-corrected chi connectivity index (χ3v) is 9.74. The Hall–Kier alpha value is -6.25. The van der Waals surface area contributed by atoms with Crippen LogP contribution in [0.2, 0.25) is 0 Å². The summed E-state index contributed by atoms with van der Waals surface area (Å²) in [6.45, 7) is 0. The molecule has 0 amide bonds. The van der Waals surface area contributed by atoms with Gasteiger partial charge in [-0.3, -0.25) is 0 Å². The standard InChI is InChI=1S/C45H28N2/c1-3-10-29(11-4-1)32-20-24-43-38(26-32)39-27-33(30-12-5-2-6-13-30)21-25-44(39)47(43)34-22-18-31(19-23-34)42-28-40-36-15-8-7-14-35(36)37-16-9-17-41(46-42)45(37)40/h1-28H. The smallest absolute Gasteiger partial charge is 0.0722 e. The molecule has 0 N–H and O–H groups in total. The van der Waals surface area contributed by atoms with Gasteiger partial charge < -0.3 is 4.57 Å². The first-order chi connectivity index (χ1) is 23.3. The van der Waals surface area contributed by atoms with E-state index in [0.29, 0.717) is 0 Å². The Labute approximate surface area is 272 Å². The fourth-order valence-electron chi connectivity index (χ4n) is 7.53. The van der Waals surface area contributed by atoms with Gasteiger partial charge in [0.05, 0.1) is 22.2 Å². The molecular formula is C45H28N2. The summed E-state index contributed by atoms with van der Waals surface area (Å²) < 4.78 is 2.40. The van der Waals surface area contributed by atoms with Crippen molar-refractivity contribution < 1.29 is 0 Å². The molecule has 0 radical (unpaired) electrons. The molecule has 1 aliphatic carbocycles. The molecule has 9 aromatic rings. The fourth-order valence-corrected chi connectivity index (χ4v) is 7.53. The summed E-state index contributed by atoms with van der Waals surface area (Å²) in [6, 6.07) is 61.4. The molecule has 2 aromatic heterocycles. The van der Waals surface area contributed by atoms with E-state index < -0.39 is 0 Å². The lowest BCUT2D eigenvalue weighted by Gasteiger charge is -2.11. The second-order valence-corrected chi connectivity index (χ2v) is 12.4. The maximum Gasteiger partial charge on any atom is 0.0722 e. The Kier molecular flexibility index (Phi) is 5.61. The van der Waals surface area contributed by atoms with Crippen LogP contribution >= 0.6 is 0 Å². The number of fused-ring (bicyclic) bond motifs is 6. The zero-order valence-corrected chi connectivity index (χ0v) is 25.6. The van der Waals surface area contributed by atoms with Gasteiger partial charge in [0.1, 0.15) is 0 Å². The van der Waals surface area contributed by atoms with E-state index in [1.165, 1.54) is 71.7 Å². The van der Waals surface area contributed by atoms with Crippen molar-refractivity contribution in [3.8, 4) is 61.5 Å². The Balaban J connectivity index is 1.13. The number of nitrogens with zero attached hydrogens (tertiary/aromatic N) is 2. The average molecular weight is 597 g/mol. The Morgan fingerprint density at radius 2 is 0.894 bits per heavy atom. The molecule has 1 aliphatic rings. The summed E-state index contributed by atoms with van der Waals surface area (Å²) in [6.07, 6.45) is 0. The molecule has 0 saturated heterocycles. The van der Waals surface area contributed by atoms with Crippen LogP contribution in [0.5, 0.6) is 0 Å². The molecule has 7 aromatic carbocycles. The second-order valence-electron chi connectivity index (χ2n) is 12.4. The maximum atomic E-state index is 5.15. The van der Waals surface area contributed by atoms with Crippen LogP contribution in [-0.4, -0.2) is 9.55 Å². The van der Waals surface area contributed by atoms with Crippen LogP contribution < -0.4 is 0 Å². The minimum atomic E-state index is 0.995. The van der Waals surface area contributed by atoms with E-state index in [1.807, 2.05) is 0 Å². The van der Waals surface area contributed by atoms with Crippen LogP contribution in [0.1, 0.15) is 0 Å². The molecule has 0 saturated carbocycles. The van der Waals surface area contributed by atoms with E-state index in [2.05, 4.69) is 174 Å². The number of pyridine rings is 1. The fraction of sp³-hybridized carbons (Fsp3) is 0. The molecule has 0 fully saturated rings. The summed E-state index contributed by atoms with van der Waals surface area (Å²) in [5.74, 6) is 0. The molecule has 0 aliphatic heterocycles. The van der Waals surface area contributed by atoms with E-state index >= 15 is 0 Å². The predicted octanol–water partition coefficient (Wildman–Crippen LogP) is 12.0. The highest BCUT2D eigenvalue weighted by molar-refractivity contribution is 6.15. The number of hydrogen-bond donors (Lipinski definition) is 0. The molecule has 0 atom stereocenters. The van der Waals surface area contributed by atoms with E-state index in [-0.39, 0.29) is 0 Å². The number of aromatic nitrogens is 2. The predicted molar refractivity (Wildman–Crippen MR) is 197 cm³/mol. The van der Waals surface area contributed by atoms with Gasteiger partial charge in [0.15, 0.2) is 0 Å². The van der Waals surface area contributed by atoms with E-state index in [1.54, 1.807) is 0 Å². The van der Waals surface area contributed by atoms with E-state index in [4.69, 9.17) is 4.98 Å². The summed E-state index contributed by atoms with van der Waals surface area (Å²) in [5.41, 5.74) is 16.7. The molecule has 47 heavy (non-hydrogen) atoms. The van der Waals surface area contributed by atoms with Gasteiger partial charge in [0, 0.05) is 27.4 Å². The largest absolute Gasteiger partial charge is 0.309 e. The third-order valence-electron chi connectivity index (χ3n) is 9.74. The Morgan fingerprint density at radius 3 is 1.51 bits per heavy atom. The van der Waals surface area contributed by atoms with E-state index in [9.17, 15) is 0 Å². The minimum Gasteiger partial charge on any atom is -0.309 e. The Morgan fingerprint density at radius 1 is 0.362 bits per heavy atom. The second kappa shape index (κ2) is 10.1. The molecule has 10 rings (SSSR count). The molecule has 2 heteroatoms. The minimum absolute atomic E-state index is 0.995. The first-order valence-electron chi connectivity index (χ1n) is 16.1. The van der Waals surface area contributed by atoms with Crippen LogP contribution in [-0.2, 0) is 0 Å². The SMILES string of the molecule is c1ccc(-c2ccc3c(c2)c2cc(-c4ccccc4)ccc2n3-c2ccc(-c3cc4c5c(cccc5n3)-c3ccccc3-4)cc2)cc1. The number of benzene rings is 7. The van der Waals surface area contributed by atoms with Gasteiger partial charge in [-0.15, -0.1) is 0 Å². The molecule has 0 unspecified atom stereocenters. The van der Waals surface area contributed by atoms with Crippen LogP contribution in [0.3, 0.4) is 0 Å². The van der Waals surface area contributed by atoms with Gasteiger partial charge in [-0.05, 0) is 93.0 Å². The van der Waals surface area contributed by atoms with Gasteiger partial charge in [-0.2, -0.15) is 0 Å². The lowest BCUT2D eigenvalue weighted by Crippen LogP contribution is -1.94. The summed E-state index contributed by atoms with van der Waals surface area (Å²) >= 11 is 0. The first kappa shape index (κ1) is 26.0. The first-order valence-corrected chi connectivity index (χ1v) is 16.1. The zero-order chi connectivity index (χ0) is 30.9. The van der Waals surface area contributed by atoms with Crippen molar-refractivity contribution in [1.29, 1.82) is 0 Å². The summed E-state index contributed by atoms with van der Waals surface area (Å²) in [7, 11) is 0. The topological polar surface area (TPSA) is 17.8 Å². The molecule has 2 heterocycles. The van der Waals surface area contributed by atoms with Gasteiger partial charge in [-0.1, -0.05) is 121 Å². The van der Waals surface area contributed by atoms with Gasteiger partial charge in [0.25, 0.3) is 0 Å². The van der Waals surface area contributed by atoms with Crippen molar-refractivity contribution in [3.05, 3.63) is 170 Å². The third kappa shape index (κ3) is 4.02. The Bertz CT molecular complexity index is 2550. The highest BCUT2D eigenvalue weighted by Gasteiger charge is 2.22. The highest BCUT2D eigenvalue weighted by atomic mass is 15.0. The zero-order valence-electron chi connectivity index (χ0n) is 25.6. The van der Waals surface area contributed by atoms with Crippen molar-refractivity contribution >= 4 is 32.7 Å². The number of rotatable bonds is 4. The lowest BCUT2D eigenvalue weighted by molar-refractivity contribution is 1.18.